The minimum atomic E-state index is 0.358. The summed E-state index contributed by atoms with van der Waals surface area (Å²) in [6.07, 6.45) is 5.46. The van der Waals surface area contributed by atoms with Gasteiger partial charge in [0.15, 0.2) is 5.96 Å². The number of nitrogens with two attached hydrogens (primary N) is 1. The summed E-state index contributed by atoms with van der Waals surface area (Å²) in [5.74, 6) is 0.565. The molecule has 1 fully saturated rings. The smallest absolute Gasteiger partial charge is 0.188 e. The highest BCUT2D eigenvalue weighted by Gasteiger charge is 2.18. The molecule has 4 nitrogen and oxygen atoms in total. The van der Waals surface area contributed by atoms with Crippen molar-refractivity contribution < 1.29 is 0 Å². The molecule has 0 aliphatic heterocycles. The summed E-state index contributed by atoms with van der Waals surface area (Å²) in [6.45, 7) is 5.92. The first kappa shape index (κ1) is 13.3. The summed E-state index contributed by atoms with van der Waals surface area (Å²) < 4.78 is 0. The Morgan fingerprint density at radius 2 is 2.06 bits per heavy atom. The number of nitrogens with one attached hydrogen (secondary N) is 1. The molecule has 1 aliphatic carbocycles. The Hall–Kier alpha value is -0.770. The molecule has 0 bridgehead atoms. The van der Waals surface area contributed by atoms with E-state index in [1.807, 2.05) is 0 Å². The second kappa shape index (κ2) is 6.74. The van der Waals surface area contributed by atoms with Crippen LogP contribution in [-0.2, 0) is 0 Å². The van der Waals surface area contributed by atoms with Gasteiger partial charge in [-0.2, -0.15) is 0 Å². The number of likely N-dealkylation sites (N-methyl/N-ethyl adjacent to an activating group) is 1. The van der Waals surface area contributed by atoms with Gasteiger partial charge < -0.3 is 16.0 Å². The lowest BCUT2D eigenvalue weighted by Gasteiger charge is -2.23. The zero-order chi connectivity index (χ0) is 12.0. The van der Waals surface area contributed by atoms with E-state index in [1.54, 1.807) is 0 Å². The second-order valence-electron chi connectivity index (χ2n) is 4.98. The summed E-state index contributed by atoms with van der Waals surface area (Å²) in [5.41, 5.74) is 5.73. The van der Waals surface area contributed by atoms with E-state index in [2.05, 4.69) is 36.1 Å². The summed E-state index contributed by atoms with van der Waals surface area (Å²) in [7, 11) is 2.19. The molecule has 1 saturated carbocycles. The van der Waals surface area contributed by atoms with Gasteiger partial charge in [0.25, 0.3) is 0 Å². The van der Waals surface area contributed by atoms with Crippen LogP contribution >= 0.6 is 0 Å². The molecule has 94 valence electrons. The zero-order valence-electron chi connectivity index (χ0n) is 10.9. The third kappa shape index (κ3) is 4.84. The number of hydrogen-bond donors (Lipinski definition) is 2. The monoisotopic (exact) mass is 226 g/mol. The Labute approximate surface area is 99.3 Å². The lowest BCUT2D eigenvalue weighted by molar-refractivity contribution is 0.252. The highest BCUT2D eigenvalue weighted by atomic mass is 15.2. The standard InChI is InChI=1S/C12H26N4/c1-10(2)15-12(13)14-8-9-16(3)11-6-4-5-7-11/h10-11H,4-9H2,1-3H3,(H3,13,14,15). The zero-order valence-corrected chi connectivity index (χ0v) is 10.9. The van der Waals surface area contributed by atoms with Crippen LogP contribution in [0.2, 0.25) is 0 Å². The Kier molecular flexibility index (Phi) is 5.60. The second-order valence-corrected chi connectivity index (χ2v) is 4.98. The third-order valence-corrected chi connectivity index (χ3v) is 3.12. The van der Waals surface area contributed by atoms with Crippen molar-refractivity contribution in [1.82, 2.24) is 10.2 Å². The molecule has 1 aliphatic rings. The van der Waals surface area contributed by atoms with Gasteiger partial charge in [0.1, 0.15) is 0 Å². The van der Waals surface area contributed by atoms with Crippen molar-refractivity contribution in [2.24, 2.45) is 10.7 Å². The minimum Gasteiger partial charge on any atom is -0.370 e. The molecule has 0 heterocycles. The Bertz CT molecular complexity index is 219. The summed E-state index contributed by atoms with van der Waals surface area (Å²) >= 11 is 0. The molecule has 3 N–H and O–H groups in total. The van der Waals surface area contributed by atoms with Crippen molar-refractivity contribution in [2.75, 3.05) is 20.1 Å². The number of guanidine groups is 1. The molecule has 0 aromatic carbocycles. The van der Waals surface area contributed by atoms with E-state index in [-0.39, 0.29) is 0 Å². The normalized spacial score (nSPS) is 18.7. The van der Waals surface area contributed by atoms with Gasteiger partial charge in [-0.25, -0.2) is 0 Å². The number of rotatable bonds is 5. The minimum absolute atomic E-state index is 0.358. The highest BCUT2D eigenvalue weighted by molar-refractivity contribution is 5.78. The maximum atomic E-state index is 5.73. The molecule has 0 unspecified atom stereocenters. The topological polar surface area (TPSA) is 53.6 Å². The van der Waals surface area contributed by atoms with Crippen molar-refractivity contribution in [3.63, 3.8) is 0 Å². The van der Waals surface area contributed by atoms with Gasteiger partial charge >= 0.3 is 0 Å². The fraction of sp³-hybridized carbons (Fsp3) is 0.917. The van der Waals surface area contributed by atoms with Crippen LogP contribution < -0.4 is 11.1 Å². The highest BCUT2D eigenvalue weighted by Crippen LogP contribution is 2.21. The van der Waals surface area contributed by atoms with Gasteiger partial charge in [-0.15, -0.1) is 0 Å². The molecule has 4 heteroatoms. The fourth-order valence-corrected chi connectivity index (χ4v) is 2.20. The maximum absolute atomic E-state index is 5.73. The summed E-state index contributed by atoms with van der Waals surface area (Å²) in [4.78, 5) is 6.73. The Morgan fingerprint density at radius 3 is 2.62 bits per heavy atom. The number of aliphatic imine (C=N–C) groups is 1. The van der Waals surface area contributed by atoms with Gasteiger partial charge in [-0.1, -0.05) is 12.8 Å². The number of nitrogens with zero attached hydrogens (tertiary/aromatic N) is 2. The lowest BCUT2D eigenvalue weighted by Crippen LogP contribution is -2.38. The van der Waals surface area contributed by atoms with Crippen LogP contribution in [0, 0.1) is 0 Å². The molecular formula is C12H26N4. The van der Waals surface area contributed by atoms with E-state index in [1.165, 1.54) is 25.7 Å². The van der Waals surface area contributed by atoms with E-state index >= 15 is 0 Å². The van der Waals surface area contributed by atoms with E-state index in [0.717, 1.165) is 19.1 Å². The first-order valence-corrected chi connectivity index (χ1v) is 6.36. The van der Waals surface area contributed by atoms with Crippen LogP contribution in [0.15, 0.2) is 4.99 Å². The molecule has 1 rings (SSSR count). The average molecular weight is 226 g/mol. The van der Waals surface area contributed by atoms with Crippen molar-refractivity contribution in [2.45, 2.75) is 51.6 Å². The summed E-state index contributed by atoms with van der Waals surface area (Å²) in [6, 6.07) is 1.13. The van der Waals surface area contributed by atoms with E-state index in [9.17, 15) is 0 Å². The van der Waals surface area contributed by atoms with Crippen molar-refractivity contribution in [3.8, 4) is 0 Å². The van der Waals surface area contributed by atoms with Gasteiger partial charge in [0.2, 0.25) is 0 Å². The van der Waals surface area contributed by atoms with Gasteiger partial charge in [-0.05, 0) is 33.7 Å². The molecule has 0 saturated heterocycles. The molecule has 0 amide bonds. The van der Waals surface area contributed by atoms with Crippen LogP contribution in [0.5, 0.6) is 0 Å². The Morgan fingerprint density at radius 1 is 1.44 bits per heavy atom. The van der Waals surface area contributed by atoms with Gasteiger partial charge in [0, 0.05) is 18.6 Å². The van der Waals surface area contributed by atoms with E-state index in [4.69, 9.17) is 5.73 Å². The van der Waals surface area contributed by atoms with Gasteiger partial charge in [-0.3, -0.25) is 4.99 Å². The van der Waals surface area contributed by atoms with E-state index in [0.29, 0.717) is 12.0 Å². The third-order valence-electron chi connectivity index (χ3n) is 3.12. The largest absolute Gasteiger partial charge is 0.370 e. The average Bonchev–Trinajstić information content (AvgIpc) is 2.68. The van der Waals surface area contributed by atoms with Crippen LogP contribution in [0.3, 0.4) is 0 Å². The predicted molar refractivity (Wildman–Crippen MR) is 69.6 cm³/mol. The van der Waals surface area contributed by atoms with Crippen molar-refractivity contribution in [3.05, 3.63) is 0 Å². The quantitative estimate of drug-likeness (QED) is 0.546. The molecule has 0 aromatic rings. The van der Waals surface area contributed by atoms with Gasteiger partial charge in [0.05, 0.1) is 6.54 Å². The van der Waals surface area contributed by atoms with Crippen LogP contribution in [-0.4, -0.2) is 43.1 Å². The SMILES string of the molecule is CC(C)NC(N)=NCCN(C)C1CCCC1. The predicted octanol–water partition coefficient (Wildman–Crippen LogP) is 1.17. The molecule has 0 aromatic heterocycles. The van der Waals surface area contributed by atoms with Crippen molar-refractivity contribution >= 4 is 5.96 Å². The first-order valence-electron chi connectivity index (χ1n) is 6.36. The van der Waals surface area contributed by atoms with Crippen LogP contribution in [0.1, 0.15) is 39.5 Å². The molecule has 0 spiro atoms. The molecule has 0 radical (unpaired) electrons. The number of hydrogen-bond acceptors (Lipinski definition) is 2. The Balaban J connectivity index is 2.18. The molecular weight excluding hydrogens is 200 g/mol. The fourth-order valence-electron chi connectivity index (χ4n) is 2.20. The van der Waals surface area contributed by atoms with Crippen LogP contribution in [0.25, 0.3) is 0 Å². The molecule has 0 atom stereocenters. The van der Waals surface area contributed by atoms with Crippen LogP contribution in [0.4, 0.5) is 0 Å². The summed E-state index contributed by atoms with van der Waals surface area (Å²) in [5, 5.41) is 3.10. The lowest BCUT2D eigenvalue weighted by atomic mass is 10.2. The van der Waals surface area contributed by atoms with E-state index < -0.39 is 0 Å². The first-order chi connectivity index (χ1) is 7.59. The maximum Gasteiger partial charge on any atom is 0.188 e. The van der Waals surface area contributed by atoms with Crippen molar-refractivity contribution in [1.29, 1.82) is 0 Å². The molecule has 16 heavy (non-hydrogen) atoms.